The van der Waals surface area contributed by atoms with E-state index in [2.05, 4.69) is 10.5 Å². The summed E-state index contributed by atoms with van der Waals surface area (Å²) >= 11 is 0. The molecule has 1 fully saturated rings. The summed E-state index contributed by atoms with van der Waals surface area (Å²) in [6.45, 7) is 2.79. The van der Waals surface area contributed by atoms with Crippen molar-refractivity contribution in [3.63, 3.8) is 0 Å². The van der Waals surface area contributed by atoms with Crippen LogP contribution in [0.2, 0.25) is 0 Å². The third kappa shape index (κ3) is 2.31. The topological polar surface area (TPSA) is 61.8 Å². The molecule has 0 saturated carbocycles. The van der Waals surface area contributed by atoms with E-state index in [4.69, 9.17) is 0 Å². The Hall–Kier alpha value is -2.17. The number of carbonyl (C=O) groups is 2. The van der Waals surface area contributed by atoms with Gasteiger partial charge in [0.05, 0.1) is 5.71 Å². The second-order valence-corrected chi connectivity index (χ2v) is 5.33. The highest BCUT2D eigenvalue weighted by molar-refractivity contribution is 6.06. The number of hydrazone groups is 1. The Morgan fingerprint density at radius 3 is 2.60 bits per heavy atom. The molecule has 104 valence electrons. The minimum Gasteiger partial charge on any atom is -0.312 e. The van der Waals surface area contributed by atoms with Crippen molar-refractivity contribution < 1.29 is 9.59 Å². The number of nitrogens with one attached hydrogen (secondary N) is 1. The molecule has 0 spiro atoms. The first kappa shape index (κ1) is 12.8. The molecule has 1 unspecified atom stereocenters. The van der Waals surface area contributed by atoms with Gasteiger partial charge < -0.3 is 4.90 Å². The van der Waals surface area contributed by atoms with Gasteiger partial charge in [0.1, 0.15) is 0 Å². The first-order valence-corrected chi connectivity index (χ1v) is 6.92. The smallest absolute Gasteiger partial charge is 0.240 e. The van der Waals surface area contributed by atoms with Crippen LogP contribution >= 0.6 is 0 Å². The van der Waals surface area contributed by atoms with Crippen LogP contribution in [0.1, 0.15) is 31.7 Å². The SMILES string of the molecule is CC1CC(=O)NN=C1c1ccc(N2CCCC2=O)cc1. The molecule has 1 aromatic carbocycles. The summed E-state index contributed by atoms with van der Waals surface area (Å²) in [6, 6.07) is 7.83. The largest absolute Gasteiger partial charge is 0.312 e. The number of amides is 2. The van der Waals surface area contributed by atoms with Crippen molar-refractivity contribution in [1.29, 1.82) is 0 Å². The quantitative estimate of drug-likeness (QED) is 0.889. The van der Waals surface area contributed by atoms with Gasteiger partial charge in [0.15, 0.2) is 0 Å². The standard InChI is InChI=1S/C15H17N3O2/c1-10-9-13(19)16-17-15(10)11-4-6-12(7-5-11)18-8-2-3-14(18)20/h4-7,10H,2-3,8-9H2,1H3,(H,16,19). The lowest BCUT2D eigenvalue weighted by molar-refractivity contribution is -0.122. The second kappa shape index (κ2) is 5.07. The molecule has 2 heterocycles. The fourth-order valence-corrected chi connectivity index (χ4v) is 2.74. The molecular formula is C15H17N3O2. The second-order valence-electron chi connectivity index (χ2n) is 5.33. The lowest BCUT2D eigenvalue weighted by Crippen LogP contribution is -2.32. The molecule has 2 aliphatic heterocycles. The molecule has 1 N–H and O–H groups in total. The van der Waals surface area contributed by atoms with E-state index in [0.29, 0.717) is 12.8 Å². The van der Waals surface area contributed by atoms with E-state index in [1.165, 1.54) is 0 Å². The van der Waals surface area contributed by atoms with Crippen molar-refractivity contribution in [1.82, 2.24) is 5.43 Å². The molecule has 5 heteroatoms. The number of carbonyl (C=O) groups excluding carboxylic acids is 2. The number of rotatable bonds is 2. The van der Waals surface area contributed by atoms with Gasteiger partial charge in [-0.3, -0.25) is 9.59 Å². The zero-order valence-corrected chi connectivity index (χ0v) is 11.4. The molecule has 1 atom stereocenters. The maximum atomic E-state index is 11.7. The molecule has 3 rings (SSSR count). The van der Waals surface area contributed by atoms with E-state index in [1.54, 1.807) is 0 Å². The number of benzene rings is 1. The Morgan fingerprint density at radius 2 is 2.00 bits per heavy atom. The van der Waals surface area contributed by atoms with E-state index in [0.717, 1.165) is 29.9 Å². The third-order valence-corrected chi connectivity index (χ3v) is 3.81. The maximum Gasteiger partial charge on any atom is 0.240 e. The van der Waals surface area contributed by atoms with Gasteiger partial charge in [-0.1, -0.05) is 19.1 Å². The van der Waals surface area contributed by atoms with Crippen LogP contribution in [-0.2, 0) is 9.59 Å². The Balaban J connectivity index is 1.83. The van der Waals surface area contributed by atoms with Crippen LogP contribution in [0.4, 0.5) is 5.69 Å². The first-order chi connectivity index (χ1) is 9.65. The highest BCUT2D eigenvalue weighted by Crippen LogP contribution is 2.23. The number of hydrogen-bond donors (Lipinski definition) is 1. The average molecular weight is 271 g/mol. The molecule has 20 heavy (non-hydrogen) atoms. The first-order valence-electron chi connectivity index (χ1n) is 6.92. The normalized spacial score (nSPS) is 22.8. The highest BCUT2D eigenvalue weighted by Gasteiger charge is 2.23. The van der Waals surface area contributed by atoms with Crippen molar-refractivity contribution >= 4 is 23.2 Å². The van der Waals surface area contributed by atoms with Gasteiger partial charge >= 0.3 is 0 Å². The molecule has 0 radical (unpaired) electrons. The molecule has 5 nitrogen and oxygen atoms in total. The van der Waals surface area contributed by atoms with E-state index < -0.39 is 0 Å². The predicted octanol–water partition coefficient (Wildman–Crippen LogP) is 1.67. The minimum absolute atomic E-state index is 0.0412. The van der Waals surface area contributed by atoms with Crippen molar-refractivity contribution in [3.8, 4) is 0 Å². The monoisotopic (exact) mass is 271 g/mol. The fourth-order valence-electron chi connectivity index (χ4n) is 2.74. The Bertz CT molecular complexity index is 577. The third-order valence-electron chi connectivity index (χ3n) is 3.81. The van der Waals surface area contributed by atoms with Gasteiger partial charge in [0, 0.05) is 31.0 Å². The van der Waals surface area contributed by atoms with Gasteiger partial charge in [-0.25, -0.2) is 5.43 Å². The van der Waals surface area contributed by atoms with Crippen LogP contribution in [0.3, 0.4) is 0 Å². The van der Waals surface area contributed by atoms with Gasteiger partial charge in [-0.05, 0) is 24.1 Å². The summed E-state index contributed by atoms with van der Waals surface area (Å²) in [5.41, 5.74) is 5.34. The molecular weight excluding hydrogens is 254 g/mol. The molecule has 1 saturated heterocycles. The molecule has 1 aromatic rings. The van der Waals surface area contributed by atoms with Crippen LogP contribution in [0, 0.1) is 5.92 Å². The van der Waals surface area contributed by atoms with Crippen LogP contribution in [0.5, 0.6) is 0 Å². The molecule has 0 bridgehead atoms. The molecule has 0 aliphatic carbocycles. The average Bonchev–Trinajstić information content (AvgIpc) is 2.85. The number of hydrogen-bond acceptors (Lipinski definition) is 3. The van der Waals surface area contributed by atoms with Crippen LogP contribution < -0.4 is 10.3 Å². The van der Waals surface area contributed by atoms with Gasteiger partial charge in [-0.2, -0.15) is 5.10 Å². The van der Waals surface area contributed by atoms with Crippen molar-refractivity contribution in [3.05, 3.63) is 29.8 Å². The lowest BCUT2D eigenvalue weighted by atomic mass is 9.94. The summed E-state index contributed by atoms with van der Waals surface area (Å²) in [6.07, 6.45) is 2.03. The maximum absolute atomic E-state index is 11.7. The van der Waals surface area contributed by atoms with Gasteiger partial charge in [-0.15, -0.1) is 0 Å². The Labute approximate surface area is 117 Å². The van der Waals surface area contributed by atoms with Crippen LogP contribution in [0.25, 0.3) is 0 Å². The van der Waals surface area contributed by atoms with Crippen molar-refractivity contribution in [2.45, 2.75) is 26.2 Å². The highest BCUT2D eigenvalue weighted by atomic mass is 16.2. The van der Waals surface area contributed by atoms with Crippen molar-refractivity contribution in [2.24, 2.45) is 11.0 Å². The number of nitrogens with zero attached hydrogens (tertiary/aromatic N) is 2. The Kier molecular flexibility index (Phi) is 3.26. The zero-order valence-electron chi connectivity index (χ0n) is 11.4. The summed E-state index contributed by atoms with van der Waals surface area (Å²) in [5.74, 6) is 0.261. The lowest BCUT2D eigenvalue weighted by Gasteiger charge is -2.20. The van der Waals surface area contributed by atoms with E-state index >= 15 is 0 Å². The van der Waals surface area contributed by atoms with Crippen LogP contribution in [-0.4, -0.2) is 24.1 Å². The number of anilines is 1. The van der Waals surface area contributed by atoms with Crippen LogP contribution in [0.15, 0.2) is 29.4 Å². The van der Waals surface area contributed by atoms with Gasteiger partial charge in [0.25, 0.3) is 0 Å². The van der Waals surface area contributed by atoms with Gasteiger partial charge in [0.2, 0.25) is 11.8 Å². The predicted molar refractivity (Wildman–Crippen MR) is 76.5 cm³/mol. The zero-order chi connectivity index (χ0) is 14.1. The van der Waals surface area contributed by atoms with E-state index in [9.17, 15) is 9.59 Å². The minimum atomic E-state index is -0.0412. The summed E-state index contributed by atoms with van der Waals surface area (Å²) in [7, 11) is 0. The van der Waals surface area contributed by atoms with E-state index in [-0.39, 0.29) is 17.7 Å². The molecule has 2 aliphatic rings. The summed E-state index contributed by atoms with van der Waals surface area (Å²) in [4.78, 5) is 24.8. The van der Waals surface area contributed by atoms with Crippen molar-refractivity contribution in [2.75, 3.05) is 11.4 Å². The fraction of sp³-hybridized carbons (Fsp3) is 0.400. The molecule has 2 amide bonds. The summed E-state index contributed by atoms with van der Waals surface area (Å²) in [5, 5.41) is 4.14. The molecule has 0 aromatic heterocycles. The van der Waals surface area contributed by atoms with E-state index in [1.807, 2.05) is 36.1 Å². The summed E-state index contributed by atoms with van der Waals surface area (Å²) < 4.78 is 0. The Morgan fingerprint density at radius 1 is 1.25 bits per heavy atom.